The van der Waals surface area contributed by atoms with Crippen LogP contribution in [0, 0.1) is 10.1 Å². The van der Waals surface area contributed by atoms with Gasteiger partial charge in [-0.05, 0) is 70.1 Å². The van der Waals surface area contributed by atoms with Gasteiger partial charge in [0.1, 0.15) is 0 Å². The summed E-state index contributed by atoms with van der Waals surface area (Å²) in [6.45, 7) is 9.59. The lowest BCUT2D eigenvalue weighted by Gasteiger charge is -2.19. The normalized spacial score (nSPS) is 12.0. The fourth-order valence-electron chi connectivity index (χ4n) is 4.07. The summed E-state index contributed by atoms with van der Waals surface area (Å²) >= 11 is 1.54. The van der Waals surface area contributed by atoms with Crippen LogP contribution in [0.4, 0.5) is 5.69 Å². The third-order valence-corrected chi connectivity index (χ3v) is 7.19. The molecule has 3 rings (SSSR count). The molecule has 0 saturated carbocycles. The quantitative estimate of drug-likeness (QED) is 0.124. The number of non-ortho nitro benzene ring substituents is 1. The Balaban J connectivity index is 1.56. The number of thioether (sulfide) groups is 1. The summed E-state index contributed by atoms with van der Waals surface area (Å²) in [6.07, 6.45) is 3.23. The van der Waals surface area contributed by atoms with Crippen molar-refractivity contribution in [3.63, 3.8) is 0 Å². The van der Waals surface area contributed by atoms with Gasteiger partial charge in [0.25, 0.3) is 5.69 Å². The van der Waals surface area contributed by atoms with Gasteiger partial charge in [-0.2, -0.15) is 0 Å². The summed E-state index contributed by atoms with van der Waals surface area (Å²) in [5.74, 6) is 1.40. The Morgan fingerprint density at radius 2 is 1.78 bits per heavy atom. The monoisotopic (exact) mass is 524 g/mol. The number of nitrogens with one attached hydrogen (secondary N) is 1. The Kier molecular flexibility index (Phi) is 11.1. The van der Waals surface area contributed by atoms with Crippen molar-refractivity contribution >= 4 is 23.4 Å². The number of carbonyl (C=O) groups is 1. The first-order valence-corrected chi connectivity index (χ1v) is 13.8. The summed E-state index contributed by atoms with van der Waals surface area (Å²) in [6, 6.07) is 16.2. The van der Waals surface area contributed by atoms with Gasteiger partial charge < -0.3 is 10.2 Å². The van der Waals surface area contributed by atoms with Crippen LogP contribution in [0.2, 0.25) is 0 Å². The second-order valence-electron chi connectivity index (χ2n) is 8.87. The maximum atomic E-state index is 12.4. The molecule has 9 nitrogen and oxygen atoms in total. The minimum absolute atomic E-state index is 0.0283. The summed E-state index contributed by atoms with van der Waals surface area (Å²) in [4.78, 5) is 25.4. The summed E-state index contributed by atoms with van der Waals surface area (Å²) in [5, 5.41) is 23.6. The first-order chi connectivity index (χ1) is 17.9. The molecule has 2 aromatic carbocycles. The van der Waals surface area contributed by atoms with Crippen molar-refractivity contribution in [2.75, 3.05) is 25.4 Å². The number of rotatable bonds is 15. The Morgan fingerprint density at radius 3 is 2.43 bits per heavy atom. The number of carbonyl (C=O) groups excluding carboxylic acids is 1. The van der Waals surface area contributed by atoms with E-state index in [9.17, 15) is 14.9 Å². The molecule has 198 valence electrons. The molecule has 0 aliphatic carbocycles. The molecule has 0 radical (unpaired) electrons. The van der Waals surface area contributed by atoms with Gasteiger partial charge in [-0.3, -0.25) is 19.5 Å². The van der Waals surface area contributed by atoms with Gasteiger partial charge in [0.2, 0.25) is 5.91 Å². The van der Waals surface area contributed by atoms with Gasteiger partial charge in [-0.25, -0.2) is 0 Å². The zero-order chi connectivity index (χ0) is 26.6. The lowest BCUT2D eigenvalue weighted by molar-refractivity contribution is -0.384. The van der Waals surface area contributed by atoms with Crippen LogP contribution in [-0.4, -0.2) is 61.9 Å². The van der Waals surface area contributed by atoms with Crippen LogP contribution in [0.3, 0.4) is 0 Å². The molecule has 1 heterocycles. The van der Waals surface area contributed by atoms with Crippen molar-refractivity contribution in [3.05, 3.63) is 64.7 Å². The van der Waals surface area contributed by atoms with Crippen LogP contribution in [0.5, 0.6) is 0 Å². The Bertz CT molecular complexity index is 1130. The number of nitrogens with zero attached hydrogens (tertiary/aromatic N) is 5. The van der Waals surface area contributed by atoms with Crippen LogP contribution in [0.15, 0.2) is 59.8 Å². The molecule has 1 atom stereocenters. The van der Waals surface area contributed by atoms with Crippen molar-refractivity contribution in [3.8, 4) is 17.1 Å². The lowest BCUT2D eigenvalue weighted by atomic mass is 10.1. The number of benzene rings is 2. The van der Waals surface area contributed by atoms with E-state index < -0.39 is 4.92 Å². The van der Waals surface area contributed by atoms with Crippen LogP contribution < -0.4 is 5.32 Å². The number of hydrogen-bond acceptors (Lipinski definition) is 7. The van der Waals surface area contributed by atoms with Gasteiger partial charge in [0.15, 0.2) is 11.0 Å². The number of nitro benzene ring substituents is 1. The zero-order valence-electron chi connectivity index (χ0n) is 21.8. The van der Waals surface area contributed by atoms with Crippen molar-refractivity contribution in [1.29, 1.82) is 0 Å². The standard InChI is InChI=1S/C27H36N6O3S/c1-4-31(5-2)19-9-11-21(3)28-25(34)14-10-20-37-27-30-29-26(32(27)23-12-7-6-8-13-23)22-15-17-24(18-16-22)33(35)36/h6-8,12-13,15-18,21H,4-5,9-11,14,19-20H2,1-3H3,(H,28,34). The van der Waals surface area contributed by atoms with Crippen LogP contribution >= 0.6 is 11.8 Å². The average Bonchev–Trinajstić information content (AvgIpc) is 3.33. The highest BCUT2D eigenvalue weighted by molar-refractivity contribution is 7.99. The second-order valence-corrected chi connectivity index (χ2v) is 9.93. The molecule has 1 aromatic heterocycles. The molecule has 1 amide bonds. The molecule has 0 aliphatic rings. The Morgan fingerprint density at radius 1 is 1.08 bits per heavy atom. The molecule has 1 N–H and O–H groups in total. The fraction of sp³-hybridized carbons (Fsp3) is 0.444. The predicted octanol–water partition coefficient (Wildman–Crippen LogP) is 5.34. The maximum Gasteiger partial charge on any atom is 0.269 e. The van der Waals surface area contributed by atoms with E-state index in [1.807, 2.05) is 34.9 Å². The minimum Gasteiger partial charge on any atom is -0.354 e. The summed E-state index contributed by atoms with van der Waals surface area (Å²) in [7, 11) is 0. The first-order valence-electron chi connectivity index (χ1n) is 12.8. The number of aromatic nitrogens is 3. The van der Waals surface area contributed by atoms with Crippen molar-refractivity contribution in [2.45, 2.75) is 57.7 Å². The number of nitro groups is 1. The van der Waals surface area contributed by atoms with Gasteiger partial charge in [0, 0.05) is 41.6 Å². The third-order valence-electron chi connectivity index (χ3n) is 6.18. The predicted molar refractivity (Wildman–Crippen MR) is 148 cm³/mol. The van der Waals surface area contributed by atoms with E-state index in [4.69, 9.17) is 0 Å². The molecule has 0 spiro atoms. The third kappa shape index (κ3) is 8.40. The number of amides is 1. The molecular formula is C27H36N6O3S. The Labute approximate surface area is 222 Å². The molecule has 0 aliphatic heterocycles. The van der Waals surface area contributed by atoms with Gasteiger partial charge in [-0.15, -0.1) is 10.2 Å². The van der Waals surface area contributed by atoms with Gasteiger partial charge >= 0.3 is 0 Å². The molecule has 0 fully saturated rings. The van der Waals surface area contributed by atoms with Gasteiger partial charge in [-0.1, -0.05) is 43.8 Å². The van der Waals surface area contributed by atoms with Crippen LogP contribution in [0.25, 0.3) is 17.1 Å². The minimum atomic E-state index is -0.420. The van der Waals surface area contributed by atoms with E-state index in [-0.39, 0.29) is 17.6 Å². The summed E-state index contributed by atoms with van der Waals surface area (Å²) < 4.78 is 1.95. The number of hydrogen-bond donors (Lipinski definition) is 1. The van der Waals surface area contributed by atoms with Crippen LogP contribution in [0.1, 0.15) is 46.5 Å². The van der Waals surface area contributed by atoms with Crippen molar-refractivity contribution in [2.24, 2.45) is 0 Å². The lowest BCUT2D eigenvalue weighted by Crippen LogP contribution is -2.33. The molecule has 37 heavy (non-hydrogen) atoms. The molecule has 0 saturated heterocycles. The second kappa shape index (κ2) is 14.5. The average molecular weight is 525 g/mol. The van der Waals surface area contributed by atoms with E-state index in [0.717, 1.165) is 55.9 Å². The highest BCUT2D eigenvalue weighted by Gasteiger charge is 2.17. The van der Waals surface area contributed by atoms with Crippen molar-refractivity contribution in [1.82, 2.24) is 25.0 Å². The highest BCUT2D eigenvalue weighted by Crippen LogP contribution is 2.29. The zero-order valence-corrected chi connectivity index (χ0v) is 22.6. The molecule has 3 aromatic rings. The van der Waals surface area contributed by atoms with Gasteiger partial charge in [0.05, 0.1) is 4.92 Å². The highest BCUT2D eigenvalue weighted by atomic mass is 32.2. The topological polar surface area (TPSA) is 106 Å². The van der Waals surface area contributed by atoms with E-state index in [0.29, 0.717) is 17.4 Å². The number of para-hydroxylation sites is 1. The SMILES string of the molecule is CCN(CC)CCCC(C)NC(=O)CCCSc1nnc(-c2ccc([N+](=O)[O-])cc2)n1-c1ccccc1. The Hall–Kier alpha value is -3.24. The molecule has 1 unspecified atom stereocenters. The van der Waals surface area contributed by atoms with E-state index in [1.165, 1.54) is 12.1 Å². The largest absolute Gasteiger partial charge is 0.354 e. The molecule has 10 heteroatoms. The first kappa shape index (κ1) is 28.3. The van der Waals surface area contributed by atoms with Crippen LogP contribution in [-0.2, 0) is 4.79 Å². The smallest absolute Gasteiger partial charge is 0.269 e. The van der Waals surface area contributed by atoms with E-state index >= 15 is 0 Å². The summed E-state index contributed by atoms with van der Waals surface area (Å²) in [5.41, 5.74) is 1.67. The van der Waals surface area contributed by atoms with Crippen molar-refractivity contribution < 1.29 is 9.72 Å². The molecular weight excluding hydrogens is 488 g/mol. The molecule has 0 bridgehead atoms. The maximum absolute atomic E-state index is 12.4. The fourth-order valence-corrected chi connectivity index (χ4v) is 4.96. The van der Waals surface area contributed by atoms with E-state index in [2.05, 4.69) is 41.2 Å². The van der Waals surface area contributed by atoms with E-state index in [1.54, 1.807) is 23.9 Å².